The van der Waals surface area contributed by atoms with Crippen LogP contribution < -0.4 is 0 Å². The summed E-state index contributed by atoms with van der Waals surface area (Å²) in [6.07, 6.45) is 7.26. The minimum Gasteiger partial charge on any atom is -0.378 e. The van der Waals surface area contributed by atoms with E-state index in [1.807, 2.05) is 6.92 Å². The van der Waals surface area contributed by atoms with Crippen LogP contribution in [0.15, 0.2) is 11.1 Å². The van der Waals surface area contributed by atoms with Crippen molar-refractivity contribution in [2.75, 3.05) is 6.61 Å². The number of ether oxygens (including phenoxy) is 1. The van der Waals surface area contributed by atoms with Crippen LogP contribution in [-0.2, 0) is 4.74 Å². The highest BCUT2D eigenvalue weighted by molar-refractivity contribution is 5.84. The van der Waals surface area contributed by atoms with Gasteiger partial charge in [-0.2, -0.15) is 0 Å². The zero-order valence-corrected chi connectivity index (χ0v) is 12.5. The second-order valence-corrected chi connectivity index (χ2v) is 5.72. The van der Waals surface area contributed by atoms with Crippen LogP contribution in [0, 0.1) is 11.3 Å². The van der Waals surface area contributed by atoms with Crippen molar-refractivity contribution in [3.8, 4) is 0 Å². The smallest absolute Gasteiger partial charge is 0.0578 e. The quantitative estimate of drug-likeness (QED) is 0.568. The van der Waals surface area contributed by atoms with Gasteiger partial charge in [0, 0.05) is 18.2 Å². The zero-order valence-electron chi connectivity index (χ0n) is 12.5. The predicted octanol–water partition coefficient (Wildman–Crippen LogP) is 4.74. The molecule has 1 saturated carbocycles. The molecule has 0 bridgehead atoms. The first-order valence-electron chi connectivity index (χ1n) is 7.39. The Balaban J connectivity index is 2.68. The van der Waals surface area contributed by atoms with E-state index < -0.39 is 0 Å². The Morgan fingerprint density at radius 2 is 1.94 bits per heavy atom. The molecular weight excluding hydrogens is 222 g/mol. The van der Waals surface area contributed by atoms with Gasteiger partial charge in [0.1, 0.15) is 0 Å². The Bertz CT molecular complexity index is 302. The molecule has 0 aromatic heterocycles. The lowest BCUT2D eigenvalue weighted by atomic mass is 9.81. The van der Waals surface area contributed by atoms with E-state index in [0.29, 0.717) is 12.0 Å². The summed E-state index contributed by atoms with van der Waals surface area (Å²) in [6, 6.07) is 0. The lowest BCUT2D eigenvalue weighted by Crippen LogP contribution is -2.22. The summed E-state index contributed by atoms with van der Waals surface area (Å²) >= 11 is 0. The topological polar surface area (TPSA) is 33.1 Å². The predicted molar refractivity (Wildman–Crippen MR) is 78.4 cm³/mol. The van der Waals surface area contributed by atoms with E-state index in [0.717, 1.165) is 38.0 Å². The van der Waals surface area contributed by atoms with Crippen LogP contribution in [0.5, 0.6) is 0 Å². The van der Waals surface area contributed by atoms with Crippen LogP contribution in [0.3, 0.4) is 0 Å². The molecule has 1 N–H and O–H groups in total. The van der Waals surface area contributed by atoms with Crippen molar-refractivity contribution in [3.63, 3.8) is 0 Å². The molecular formula is C16H29NO. The first kappa shape index (κ1) is 15.4. The van der Waals surface area contributed by atoms with Crippen LogP contribution in [0.2, 0.25) is 0 Å². The number of hydrogen-bond donors (Lipinski definition) is 1. The Labute approximate surface area is 112 Å². The summed E-state index contributed by atoms with van der Waals surface area (Å²) in [7, 11) is 0. The first-order chi connectivity index (χ1) is 8.56. The fourth-order valence-electron chi connectivity index (χ4n) is 2.89. The minimum atomic E-state index is 0.391. The Hall–Kier alpha value is -0.630. The van der Waals surface area contributed by atoms with Crippen molar-refractivity contribution in [1.82, 2.24) is 0 Å². The molecule has 0 heterocycles. The Morgan fingerprint density at radius 3 is 2.50 bits per heavy atom. The maximum absolute atomic E-state index is 7.98. The average Bonchev–Trinajstić information content (AvgIpc) is 2.26. The van der Waals surface area contributed by atoms with E-state index in [1.54, 1.807) is 0 Å². The second kappa shape index (κ2) is 7.73. The highest BCUT2D eigenvalue weighted by Gasteiger charge is 2.22. The third-order valence-electron chi connectivity index (χ3n) is 3.90. The molecule has 1 rings (SSSR count). The van der Waals surface area contributed by atoms with E-state index >= 15 is 0 Å². The molecule has 2 nitrogen and oxygen atoms in total. The molecule has 2 atom stereocenters. The van der Waals surface area contributed by atoms with Gasteiger partial charge in [0.2, 0.25) is 0 Å². The monoisotopic (exact) mass is 251 g/mol. The van der Waals surface area contributed by atoms with E-state index in [1.165, 1.54) is 24.0 Å². The van der Waals surface area contributed by atoms with Crippen molar-refractivity contribution >= 4 is 5.71 Å². The molecule has 0 amide bonds. The molecule has 0 spiro atoms. The molecule has 2 heteroatoms. The first-order valence-corrected chi connectivity index (χ1v) is 7.39. The molecule has 18 heavy (non-hydrogen) atoms. The molecule has 2 unspecified atom stereocenters. The summed E-state index contributed by atoms with van der Waals surface area (Å²) in [5.41, 5.74) is 3.73. The van der Waals surface area contributed by atoms with Gasteiger partial charge >= 0.3 is 0 Å². The summed E-state index contributed by atoms with van der Waals surface area (Å²) in [6.45, 7) is 9.39. The molecule has 1 fully saturated rings. The molecule has 0 aliphatic heterocycles. The largest absolute Gasteiger partial charge is 0.378 e. The molecule has 0 saturated heterocycles. The molecule has 104 valence electrons. The van der Waals surface area contributed by atoms with E-state index in [4.69, 9.17) is 10.1 Å². The lowest BCUT2D eigenvalue weighted by Gasteiger charge is -2.28. The summed E-state index contributed by atoms with van der Waals surface area (Å²) in [4.78, 5) is 0. The molecule has 0 aromatic rings. The highest BCUT2D eigenvalue weighted by Crippen LogP contribution is 2.31. The van der Waals surface area contributed by atoms with Gasteiger partial charge in [0.05, 0.1) is 6.10 Å². The SMILES string of the molecule is CCCOC1CCCC(C(C)=N)C(=C(C)C)CC1. The van der Waals surface area contributed by atoms with Gasteiger partial charge in [0.25, 0.3) is 0 Å². The van der Waals surface area contributed by atoms with Crippen LogP contribution in [0.1, 0.15) is 66.2 Å². The fourth-order valence-corrected chi connectivity index (χ4v) is 2.89. The number of allylic oxidation sites excluding steroid dienone is 2. The molecule has 1 aliphatic carbocycles. The van der Waals surface area contributed by atoms with E-state index in [2.05, 4.69) is 20.8 Å². The standard InChI is InChI=1S/C16H29NO/c1-5-11-18-14-7-6-8-16(13(4)17)15(10-9-14)12(2)3/h14,16-17H,5-11H2,1-4H3. The summed E-state index contributed by atoms with van der Waals surface area (Å²) in [5, 5.41) is 7.98. The van der Waals surface area contributed by atoms with E-state index in [9.17, 15) is 0 Å². The Kier molecular flexibility index (Phi) is 6.62. The number of nitrogens with one attached hydrogen (secondary N) is 1. The Morgan fingerprint density at radius 1 is 1.22 bits per heavy atom. The maximum Gasteiger partial charge on any atom is 0.0578 e. The van der Waals surface area contributed by atoms with Gasteiger partial charge in [-0.15, -0.1) is 0 Å². The van der Waals surface area contributed by atoms with Crippen LogP contribution in [0.25, 0.3) is 0 Å². The number of rotatable bonds is 4. The second-order valence-electron chi connectivity index (χ2n) is 5.72. The van der Waals surface area contributed by atoms with Crippen LogP contribution in [-0.4, -0.2) is 18.4 Å². The summed E-state index contributed by atoms with van der Waals surface area (Å²) < 4.78 is 5.92. The van der Waals surface area contributed by atoms with Gasteiger partial charge in [0.15, 0.2) is 0 Å². The number of hydrogen-bond acceptors (Lipinski definition) is 2. The van der Waals surface area contributed by atoms with Crippen molar-refractivity contribution in [2.24, 2.45) is 5.92 Å². The van der Waals surface area contributed by atoms with Gasteiger partial charge in [-0.05, 0) is 59.3 Å². The molecule has 0 aromatic carbocycles. The summed E-state index contributed by atoms with van der Waals surface area (Å²) in [5.74, 6) is 0.391. The lowest BCUT2D eigenvalue weighted by molar-refractivity contribution is 0.0380. The van der Waals surface area contributed by atoms with Gasteiger partial charge in [-0.25, -0.2) is 0 Å². The normalized spacial score (nSPS) is 25.4. The zero-order chi connectivity index (χ0) is 13.5. The van der Waals surface area contributed by atoms with Gasteiger partial charge in [-0.3, -0.25) is 0 Å². The van der Waals surface area contributed by atoms with Crippen molar-refractivity contribution in [3.05, 3.63) is 11.1 Å². The fraction of sp³-hybridized carbons (Fsp3) is 0.812. The van der Waals surface area contributed by atoms with E-state index in [-0.39, 0.29) is 0 Å². The van der Waals surface area contributed by atoms with Crippen molar-refractivity contribution in [1.29, 1.82) is 5.41 Å². The van der Waals surface area contributed by atoms with Gasteiger partial charge < -0.3 is 10.1 Å². The van der Waals surface area contributed by atoms with Crippen LogP contribution >= 0.6 is 0 Å². The van der Waals surface area contributed by atoms with Gasteiger partial charge in [-0.1, -0.05) is 18.1 Å². The average molecular weight is 251 g/mol. The highest BCUT2D eigenvalue weighted by atomic mass is 16.5. The molecule has 1 aliphatic rings. The van der Waals surface area contributed by atoms with Crippen LogP contribution in [0.4, 0.5) is 0 Å². The minimum absolute atomic E-state index is 0.391. The molecule has 0 radical (unpaired) electrons. The maximum atomic E-state index is 7.98. The third-order valence-corrected chi connectivity index (χ3v) is 3.90. The third kappa shape index (κ3) is 4.56. The van der Waals surface area contributed by atoms with Crippen molar-refractivity contribution in [2.45, 2.75) is 72.3 Å². The van der Waals surface area contributed by atoms with Crippen molar-refractivity contribution < 1.29 is 4.74 Å².